The second-order valence-corrected chi connectivity index (χ2v) is 4.22. The Morgan fingerprint density at radius 3 is 2.65 bits per heavy atom. The first-order chi connectivity index (χ1) is 7.95. The van der Waals surface area contributed by atoms with Crippen LogP contribution in [0.3, 0.4) is 0 Å². The third-order valence-electron chi connectivity index (χ3n) is 2.99. The highest BCUT2D eigenvalue weighted by atomic mass is 35.5. The molecule has 1 aromatic heterocycles. The zero-order valence-corrected chi connectivity index (χ0v) is 10.8. The van der Waals surface area contributed by atoms with Gasteiger partial charge in [-0.2, -0.15) is 0 Å². The molecule has 0 atom stereocenters. The molecule has 1 N–H and O–H groups in total. The predicted molar refractivity (Wildman–Crippen MR) is 69.6 cm³/mol. The first-order valence-corrected chi connectivity index (χ1v) is 6.05. The molecule has 1 aliphatic heterocycles. The topological polar surface area (TPSA) is 47.0 Å². The zero-order chi connectivity index (χ0) is 11.1. The highest BCUT2D eigenvalue weighted by Gasteiger charge is 2.12. The minimum absolute atomic E-state index is 0. The average molecular weight is 258 g/mol. The van der Waals surface area contributed by atoms with Gasteiger partial charge in [-0.3, -0.25) is 0 Å². The number of hydrogen-bond acceptors (Lipinski definition) is 4. The van der Waals surface area contributed by atoms with Gasteiger partial charge in [-0.05, 0) is 50.8 Å². The van der Waals surface area contributed by atoms with E-state index in [1.165, 1.54) is 32.4 Å². The molecule has 17 heavy (non-hydrogen) atoms. The summed E-state index contributed by atoms with van der Waals surface area (Å²) in [5.41, 5.74) is 0. The van der Waals surface area contributed by atoms with E-state index in [1.54, 1.807) is 18.5 Å². The molecule has 96 valence electrons. The summed E-state index contributed by atoms with van der Waals surface area (Å²) in [5, 5.41) is 3.38. The van der Waals surface area contributed by atoms with Crippen molar-refractivity contribution in [1.82, 2.24) is 15.3 Å². The van der Waals surface area contributed by atoms with E-state index >= 15 is 0 Å². The molecule has 0 amide bonds. The van der Waals surface area contributed by atoms with Crippen molar-refractivity contribution in [2.45, 2.75) is 25.7 Å². The molecular formula is C12H20ClN3O. The smallest absolute Gasteiger partial charge is 0.316 e. The maximum absolute atomic E-state index is 5.46. The highest BCUT2D eigenvalue weighted by molar-refractivity contribution is 5.85. The Morgan fingerprint density at radius 2 is 1.94 bits per heavy atom. The van der Waals surface area contributed by atoms with E-state index < -0.39 is 0 Å². The lowest BCUT2D eigenvalue weighted by molar-refractivity contribution is 0.258. The van der Waals surface area contributed by atoms with Gasteiger partial charge in [-0.1, -0.05) is 0 Å². The van der Waals surface area contributed by atoms with Gasteiger partial charge in [0.1, 0.15) is 0 Å². The molecule has 1 aromatic rings. The summed E-state index contributed by atoms with van der Waals surface area (Å²) in [6.45, 7) is 3.08. The minimum Gasteiger partial charge on any atom is -0.463 e. The van der Waals surface area contributed by atoms with Crippen molar-refractivity contribution in [3.8, 4) is 6.01 Å². The average Bonchev–Trinajstić information content (AvgIpc) is 2.37. The van der Waals surface area contributed by atoms with Crippen LogP contribution in [0.1, 0.15) is 25.7 Å². The lowest BCUT2D eigenvalue weighted by atomic mass is 9.93. The van der Waals surface area contributed by atoms with Crippen LogP contribution in [-0.4, -0.2) is 29.7 Å². The number of rotatable bonds is 5. The lowest BCUT2D eigenvalue weighted by Crippen LogP contribution is -2.27. The van der Waals surface area contributed by atoms with Crippen molar-refractivity contribution in [3.63, 3.8) is 0 Å². The number of ether oxygens (including phenoxy) is 1. The van der Waals surface area contributed by atoms with Crippen molar-refractivity contribution in [2.75, 3.05) is 19.7 Å². The van der Waals surface area contributed by atoms with Crippen LogP contribution in [0.2, 0.25) is 0 Å². The van der Waals surface area contributed by atoms with Gasteiger partial charge in [-0.15, -0.1) is 12.4 Å². The lowest BCUT2D eigenvalue weighted by Gasteiger charge is -2.22. The van der Waals surface area contributed by atoms with Crippen LogP contribution in [0.4, 0.5) is 0 Å². The second kappa shape index (κ2) is 8.25. The fraction of sp³-hybridized carbons (Fsp3) is 0.667. The van der Waals surface area contributed by atoms with Crippen LogP contribution in [0.15, 0.2) is 18.5 Å². The summed E-state index contributed by atoms with van der Waals surface area (Å²) >= 11 is 0. The van der Waals surface area contributed by atoms with Crippen molar-refractivity contribution >= 4 is 12.4 Å². The molecule has 1 aliphatic rings. The standard InChI is InChI=1S/C12H19N3O.ClH/c1(3-11-4-8-13-9-5-11)10-16-12-14-6-2-7-15-12;/h2,6-7,11,13H,1,3-5,8-10H2;1H. The molecule has 1 saturated heterocycles. The van der Waals surface area contributed by atoms with E-state index in [0.29, 0.717) is 6.01 Å². The minimum atomic E-state index is 0. The van der Waals surface area contributed by atoms with Gasteiger partial charge >= 0.3 is 6.01 Å². The van der Waals surface area contributed by atoms with Crippen molar-refractivity contribution < 1.29 is 4.74 Å². The Morgan fingerprint density at radius 1 is 1.24 bits per heavy atom. The van der Waals surface area contributed by atoms with Crippen LogP contribution < -0.4 is 10.1 Å². The number of nitrogens with one attached hydrogen (secondary N) is 1. The Labute approximate surface area is 109 Å². The molecule has 1 fully saturated rings. The van der Waals surface area contributed by atoms with E-state index in [4.69, 9.17) is 4.74 Å². The molecule has 0 aliphatic carbocycles. The summed E-state index contributed by atoms with van der Waals surface area (Å²) in [5.74, 6) is 0.876. The first-order valence-electron chi connectivity index (χ1n) is 6.05. The van der Waals surface area contributed by atoms with E-state index in [0.717, 1.165) is 18.9 Å². The normalized spacial score (nSPS) is 16.2. The van der Waals surface area contributed by atoms with Gasteiger partial charge in [0.2, 0.25) is 0 Å². The molecule has 0 unspecified atom stereocenters. The molecule has 0 bridgehead atoms. The van der Waals surface area contributed by atoms with Crippen LogP contribution in [0, 0.1) is 5.92 Å². The number of nitrogens with zero attached hydrogens (tertiary/aromatic N) is 2. The van der Waals surface area contributed by atoms with Gasteiger partial charge in [0.25, 0.3) is 0 Å². The number of aromatic nitrogens is 2. The summed E-state index contributed by atoms with van der Waals surface area (Å²) in [7, 11) is 0. The molecule has 2 heterocycles. The molecular weight excluding hydrogens is 238 g/mol. The SMILES string of the molecule is Cl.c1cnc(OCCCC2CCNCC2)nc1. The summed E-state index contributed by atoms with van der Waals surface area (Å²) in [6, 6.07) is 2.29. The number of halogens is 1. The second-order valence-electron chi connectivity index (χ2n) is 4.22. The molecule has 0 aromatic carbocycles. The first kappa shape index (κ1) is 14.2. The van der Waals surface area contributed by atoms with Crippen molar-refractivity contribution in [3.05, 3.63) is 18.5 Å². The Kier molecular flexibility index (Phi) is 6.89. The molecule has 0 saturated carbocycles. The van der Waals surface area contributed by atoms with Crippen molar-refractivity contribution in [1.29, 1.82) is 0 Å². The molecule has 2 rings (SSSR count). The van der Waals surface area contributed by atoms with E-state index in [9.17, 15) is 0 Å². The van der Waals surface area contributed by atoms with E-state index in [1.807, 2.05) is 0 Å². The quantitative estimate of drug-likeness (QED) is 0.821. The van der Waals surface area contributed by atoms with Gasteiger partial charge in [0.05, 0.1) is 6.61 Å². The van der Waals surface area contributed by atoms with E-state index in [2.05, 4.69) is 15.3 Å². The third-order valence-corrected chi connectivity index (χ3v) is 2.99. The molecule has 0 radical (unpaired) electrons. The molecule has 0 spiro atoms. The fourth-order valence-electron chi connectivity index (χ4n) is 2.07. The largest absolute Gasteiger partial charge is 0.463 e. The predicted octanol–water partition coefficient (Wildman–Crippen LogP) is 2.06. The molecule has 4 nitrogen and oxygen atoms in total. The van der Waals surface area contributed by atoms with Gasteiger partial charge in [0, 0.05) is 12.4 Å². The van der Waals surface area contributed by atoms with Crippen LogP contribution in [-0.2, 0) is 0 Å². The Bertz CT molecular complexity index is 291. The van der Waals surface area contributed by atoms with Crippen LogP contribution in [0.25, 0.3) is 0 Å². The summed E-state index contributed by atoms with van der Waals surface area (Å²) in [6.07, 6.45) is 8.38. The van der Waals surface area contributed by atoms with Crippen molar-refractivity contribution in [2.24, 2.45) is 5.92 Å². The highest BCUT2D eigenvalue weighted by Crippen LogP contribution is 2.17. The summed E-state index contributed by atoms with van der Waals surface area (Å²) < 4.78 is 5.46. The van der Waals surface area contributed by atoms with Gasteiger partial charge < -0.3 is 10.1 Å². The Hall–Kier alpha value is -0.870. The van der Waals surface area contributed by atoms with Gasteiger partial charge in [0.15, 0.2) is 0 Å². The Balaban J connectivity index is 0.00000144. The number of hydrogen-bond donors (Lipinski definition) is 1. The summed E-state index contributed by atoms with van der Waals surface area (Å²) in [4.78, 5) is 8.04. The van der Waals surface area contributed by atoms with Crippen LogP contribution >= 0.6 is 12.4 Å². The number of piperidine rings is 1. The van der Waals surface area contributed by atoms with Gasteiger partial charge in [-0.25, -0.2) is 9.97 Å². The zero-order valence-electron chi connectivity index (χ0n) is 9.97. The maximum atomic E-state index is 5.46. The third kappa shape index (κ3) is 5.33. The van der Waals surface area contributed by atoms with Crippen LogP contribution in [0.5, 0.6) is 6.01 Å². The maximum Gasteiger partial charge on any atom is 0.316 e. The fourth-order valence-corrected chi connectivity index (χ4v) is 2.07. The monoisotopic (exact) mass is 257 g/mol. The molecule has 5 heteroatoms. The van der Waals surface area contributed by atoms with E-state index in [-0.39, 0.29) is 12.4 Å².